The van der Waals surface area contributed by atoms with Crippen LogP contribution in [0.3, 0.4) is 0 Å². The molecule has 0 radical (unpaired) electrons. The number of hydrogen-bond acceptors (Lipinski definition) is 2. The zero-order valence-electron chi connectivity index (χ0n) is 15.6. The first-order valence-electron chi connectivity index (χ1n) is 9.27. The molecule has 4 rings (SSSR count). The standard InChI is InChI=1S/C23H16Cl2F3NS/c24-17-7-10-19(20(25)13-17)22-12-11-21(29-22)16-3-1-14(2-4-16)15-5-8-18(9-6-15)30-23(26,27)28/h1-10,13,21H,11-12H2. The fourth-order valence-electron chi connectivity index (χ4n) is 3.51. The molecule has 0 spiro atoms. The van der Waals surface area contributed by atoms with E-state index >= 15 is 0 Å². The predicted octanol–water partition coefficient (Wildman–Crippen LogP) is 8.60. The van der Waals surface area contributed by atoms with Gasteiger partial charge in [0.05, 0.1) is 11.1 Å². The van der Waals surface area contributed by atoms with E-state index in [-0.39, 0.29) is 22.7 Å². The second-order valence-corrected chi connectivity index (χ2v) is 8.93. The van der Waals surface area contributed by atoms with Gasteiger partial charge in [-0.05, 0) is 65.6 Å². The van der Waals surface area contributed by atoms with Crippen LogP contribution in [0.25, 0.3) is 11.1 Å². The van der Waals surface area contributed by atoms with Crippen LogP contribution < -0.4 is 0 Å². The number of thioether (sulfide) groups is 1. The molecule has 0 aliphatic carbocycles. The molecule has 0 saturated carbocycles. The van der Waals surface area contributed by atoms with Crippen LogP contribution in [0.4, 0.5) is 13.2 Å². The summed E-state index contributed by atoms with van der Waals surface area (Å²) in [5.74, 6) is 0. The molecule has 0 bridgehead atoms. The van der Waals surface area contributed by atoms with Gasteiger partial charge in [-0.15, -0.1) is 0 Å². The Morgan fingerprint density at radius 1 is 0.867 bits per heavy atom. The molecule has 1 aliphatic rings. The van der Waals surface area contributed by atoms with Crippen LogP contribution in [0.15, 0.2) is 76.6 Å². The second-order valence-electron chi connectivity index (χ2n) is 6.95. The second kappa shape index (κ2) is 8.66. The molecule has 30 heavy (non-hydrogen) atoms. The lowest BCUT2D eigenvalue weighted by atomic mass is 9.99. The highest BCUT2D eigenvalue weighted by atomic mass is 35.5. The lowest BCUT2D eigenvalue weighted by molar-refractivity contribution is -0.0328. The maximum atomic E-state index is 12.5. The van der Waals surface area contributed by atoms with Crippen LogP contribution in [0.5, 0.6) is 0 Å². The average molecular weight is 466 g/mol. The van der Waals surface area contributed by atoms with Gasteiger partial charge in [0.1, 0.15) is 0 Å². The van der Waals surface area contributed by atoms with Crippen molar-refractivity contribution in [1.29, 1.82) is 0 Å². The van der Waals surface area contributed by atoms with Crippen molar-refractivity contribution in [2.45, 2.75) is 29.3 Å². The van der Waals surface area contributed by atoms with Crippen molar-refractivity contribution in [2.75, 3.05) is 0 Å². The Hall–Kier alpha value is -1.95. The van der Waals surface area contributed by atoms with Crippen molar-refractivity contribution in [2.24, 2.45) is 4.99 Å². The first-order valence-corrected chi connectivity index (χ1v) is 10.8. The predicted molar refractivity (Wildman–Crippen MR) is 119 cm³/mol. The Labute approximate surface area is 186 Å². The summed E-state index contributed by atoms with van der Waals surface area (Å²) in [6.07, 6.45) is 1.74. The van der Waals surface area contributed by atoms with Gasteiger partial charge in [-0.1, -0.05) is 65.7 Å². The minimum atomic E-state index is -4.28. The number of nitrogens with zero attached hydrogens (tertiary/aromatic N) is 1. The topological polar surface area (TPSA) is 12.4 Å². The van der Waals surface area contributed by atoms with Crippen LogP contribution in [0, 0.1) is 0 Å². The lowest BCUT2D eigenvalue weighted by Gasteiger charge is -2.10. The van der Waals surface area contributed by atoms with Gasteiger partial charge in [0.2, 0.25) is 0 Å². The molecular weight excluding hydrogens is 450 g/mol. The van der Waals surface area contributed by atoms with Gasteiger partial charge in [-0.25, -0.2) is 0 Å². The first-order chi connectivity index (χ1) is 14.3. The Balaban J connectivity index is 1.49. The third kappa shape index (κ3) is 5.02. The maximum Gasteiger partial charge on any atom is 0.446 e. The van der Waals surface area contributed by atoms with Crippen molar-refractivity contribution in [3.63, 3.8) is 0 Å². The van der Waals surface area contributed by atoms with Crippen molar-refractivity contribution in [3.8, 4) is 11.1 Å². The van der Waals surface area contributed by atoms with Gasteiger partial charge in [-0.2, -0.15) is 13.2 Å². The fourth-order valence-corrected chi connectivity index (χ4v) is 4.56. The summed E-state index contributed by atoms with van der Waals surface area (Å²) in [7, 11) is 0. The highest BCUT2D eigenvalue weighted by Gasteiger charge is 2.29. The molecule has 1 aliphatic heterocycles. The van der Waals surface area contributed by atoms with Crippen LogP contribution in [0.2, 0.25) is 10.0 Å². The molecule has 0 saturated heterocycles. The summed E-state index contributed by atoms with van der Waals surface area (Å²) < 4.78 is 37.4. The van der Waals surface area contributed by atoms with Crippen molar-refractivity contribution >= 4 is 40.7 Å². The molecule has 3 aromatic carbocycles. The van der Waals surface area contributed by atoms with Crippen LogP contribution in [-0.2, 0) is 0 Å². The van der Waals surface area contributed by atoms with E-state index in [1.807, 2.05) is 36.4 Å². The summed E-state index contributed by atoms with van der Waals surface area (Å²) in [6.45, 7) is 0. The third-order valence-corrected chi connectivity index (χ3v) is 6.21. The largest absolute Gasteiger partial charge is 0.446 e. The molecule has 0 amide bonds. The zero-order chi connectivity index (χ0) is 21.3. The lowest BCUT2D eigenvalue weighted by Crippen LogP contribution is -1.98. The van der Waals surface area contributed by atoms with E-state index in [1.54, 1.807) is 18.2 Å². The van der Waals surface area contributed by atoms with E-state index in [0.717, 1.165) is 40.8 Å². The molecule has 0 aromatic heterocycles. The number of alkyl halides is 3. The summed E-state index contributed by atoms with van der Waals surface area (Å²) in [5.41, 5.74) is 0.533. The Morgan fingerprint density at radius 2 is 1.50 bits per heavy atom. The monoisotopic (exact) mass is 465 g/mol. The number of halogens is 5. The van der Waals surface area contributed by atoms with E-state index in [9.17, 15) is 13.2 Å². The van der Waals surface area contributed by atoms with Gasteiger partial charge >= 0.3 is 5.51 Å². The molecule has 1 nitrogen and oxygen atoms in total. The average Bonchev–Trinajstić information content (AvgIpc) is 3.17. The van der Waals surface area contributed by atoms with Crippen LogP contribution >= 0.6 is 35.0 Å². The molecule has 154 valence electrons. The summed E-state index contributed by atoms with van der Waals surface area (Å²) >= 11 is 12.2. The molecule has 1 unspecified atom stereocenters. The molecular formula is C23H16Cl2F3NS. The van der Waals surface area contributed by atoms with Gasteiger partial charge in [0, 0.05) is 21.2 Å². The van der Waals surface area contributed by atoms with Gasteiger partial charge in [-0.3, -0.25) is 4.99 Å². The van der Waals surface area contributed by atoms with Gasteiger partial charge in [0.25, 0.3) is 0 Å². The quantitative estimate of drug-likeness (QED) is 0.351. The molecule has 7 heteroatoms. The molecule has 0 fully saturated rings. The van der Waals surface area contributed by atoms with Crippen molar-refractivity contribution in [3.05, 3.63) is 87.9 Å². The Morgan fingerprint density at radius 3 is 2.10 bits per heavy atom. The van der Waals surface area contributed by atoms with Crippen LogP contribution in [0.1, 0.15) is 30.0 Å². The molecule has 3 aromatic rings. The summed E-state index contributed by atoms with van der Waals surface area (Å²) in [4.78, 5) is 5.02. The normalized spacial score (nSPS) is 16.6. The minimum Gasteiger partial charge on any atom is -0.281 e. The van der Waals surface area contributed by atoms with E-state index in [4.69, 9.17) is 28.2 Å². The van der Waals surface area contributed by atoms with E-state index < -0.39 is 5.51 Å². The SMILES string of the molecule is FC(F)(F)Sc1ccc(-c2ccc(C3CCC(c4ccc(Cl)cc4Cl)=N3)cc2)cc1. The maximum absolute atomic E-state index is 12.5. The van der Waals surface area contributed by atoms with Crippen molar-refractivity contribution in [1.82, 2.24) is 0 Å². The molecule has 0 N–H and O–H groups in total. The summed E-state index contributed by atoms with van der Waals surface area (Å²) in [5, 5.41) is 1.20. The van der Waals surface area contributed by atoms with Gasteiger partial charge in [0.15, 0.2) is 0 Å². The Kier molecular flexibility index (Phi) is 6.14. The molecule has 1 heterocycles. The van der Waals surface area contributed by atoms with E-state index in [0.29, 0.717) is 10.0 Å². The van der Waals surface area contributed by atoms with Crippen LogP contribution in [-0.4, -0.2) is 11.2 Å². The van der Waals surface area contributed by atoms with E-state index in [2.05, 4.69) is 0 Å². The number of rotatable bonds is 4. The smallest absolute Gasteiger partial charge is 0.281 e. The molecule has 1 atom stereocenters. The first kappa shape index (κ1) is 21.3. The van der Waals surface area contributed by atoms with Gasteiger partial charge < -0.3 is 0 Å². The van der Waals surface area contributed by atoms with Crippen molar-refractivity contribution < 1.29 is 13.2 Å². The number of benzene rings is 3. The summed E-state index contributed by atoms with van der Waals surface area (Å²) in [6, 6.07) is 19.9. The highest BCUT2D eigenvalue weighted by Crippen LogP contribution is 2.38. The number of hydrogen-bond donors (Lipinski definition) is 0. The van der Waals surface area contributed by atoms with E-state index in [1.165, 1.54) is 12.1 Å². The minimum absolute atomic E-state index is 0.0614. The number of aliphatic imine (C=N–C) groups is 1. The third-order valence-electron chi connectivity index (χ3n) is 4.92. The highest BCUT2D eigenvalue weighted by molar-refractivity contribution is 8.00. The fraction of sp³-hybridized carbons (Fsp3) is 0.174. The Bertz CT molecular complexity index is 1080. The zero-order valence-corrected chi connectivity index (χ0v) is 17.9.